The first kappa shape index (κ1) is 21.5. The number of hydrogen-bond acceptors (Lipinski definition) is 3. The molecule has 2 atom stereocenters. The molecular weight excluding hydrogens is 374 g/mol. The van der Waals surface area contributed by atoms with Gasteiger partial charge in [0.2, 0.25) is 11.8 Å². The molecular formula is C25H29N3O2. The number of carbonyl (C=O) groups excluding carboxylic acids is 2. The number of hydrogen-bond donors (Lipinski definition) is 3. The van der Waals surface area contributed by atoms with Crippen molar-refractivity contribution >= 4 is 22.6 Å². The maximum absolute atomic E-state index is 13.2. The molecule has 0 saturated heterocycles. The number of amides is 2. The molecule has 156 valence electrons. The summed E-state index contributed by atoms with van der Waals surface area (Å²) in [5.41, 5.74) is 0.898. The van der Waals surface area contributed by atoms with Gasteiger partial charge in [-0.3, -0.25) is 9.59 Å². The Kier molecular flexibility index (Phi) is 6.85. The molecule has 3 aromatic rings. The molecule has 0 radical (unpaired) electrons. The summed E-state index contributed by atoms with van der Waals surface area (Å²) in [7, 11) is 4.97. The van der Waals surface area contributed by atoms with Crippen LogP contribution < -0.4 is 16.0 Å². The fraction of sp³-hybridized carbons (Fsp3) is 0.280. The Hall–Kier alpha value is -3.18. The molecule has 1 unspecified atom stereocenters. The van der Waals surface area contributed by atoms with Crippen LogP contribution in [0, 0.1) is 5.92 Å². The monoisotopic (exact) mass is 403 g/mol. The van der Waals surface area contributed by atoms with Crippen molar-refractivity contribution in [2.45, 2.75) is 18.4 Å². The van der Waals surface area contributed by atoms with E-state index in [4.69, 9.17) is 0 Å². The van der Waals surface area contributed by atoms with Crippen molar-refractivity contribution in [2.75, 3.05) is 21.1 Å². The number of likely N-dealkylation sites (N-methyl/N-ethyl adjacent to an activating group) is 2. The molecule has 3 N–H and O–H groups in total. The molecule has 0 aliphatic rings. The Morgan fingerprint density at radius 3 is 2.10 bits per heavy atom. The molecule has 0 spiro atoms. The fourth-order valence-corrected chi connectivity index (χ4v) is 4.15. The predicted octanol–water partition coefficient (Wildman–Crippen LogP) is 2.69. The zero-order valence-electron chi connectivity index (χ0n) is 17.7. The number of rotatable bonds is 8. The van der Waals surface area contributed by atoms with Crippen molar-refractivity contribution in [3.05, 3.63) is 83.9 Å². The van der Waals surface area contributed by atoms with E-state index in [1.807, 2.05) is 48.5 Å². The molecule has 0 saturated carbocycles. The minimum absolute atomic E-state index is 0.169. The maximum Gasteiger partial charge on any atom is 0.241 e. The van der Waals surface area contributed by atoms with Gasteiger partial charge in [0, 0.05) is 20.5 Å². The van der Waals surface area contributed by atoms with E-state index >= 15 is 0 Å². The van der Waals surface area contributed by atoms with Gasteiger partial charge < -0.3 is 16.0 Å². The highest BCUT2D eigenvalue weighted by atomic mass is 16.2. The summed E-state index contributed by atoms with van der Waals surface area (Å²) in [6.07, 6.45) is 0.835. The van der Waals surface area contributed by atoms with E-state index in [-0.39, 0.29) is 11.8 Å². The number of carbonyl (C=O) groups is 2. The molecule has 3 rings (SSSR count). The molecule has 0 bridgehead atoms. The maximum atomic E-state index is 13.2. The van der Waals surface area contributed by atoms with Gasteiger partial charge in [0.05, 0.1) is 5.92 Å². The summed E-state index contributed by atoms with van der Waals surface area (Å²) < 4.78 is 0. The molecule has 30 heavy (non-hydrogen) atoms. The zero-order valence-corrected chi connectivity index (χ0v) is 17.7. The Labute approximate surface area is 177 Å². The lowest BCUT2D eigenvalue weighted by atomic mass is 9.74. The van der Waals surface area contributed by atoms with Gasteiger partial charge in [0.15, 0.2) is 0 Å². The summed E-state index contributed by atoms with van der Waals surface area (Å²) in [5.74, 6) is -0.971. The van der Waals surface area contributed by atoms with Gasteiger partial charge in [-0.05, 0) is 35.4 Å². The zero-order chi connectivity index (χ0) is 21.6. The molecule has 0 fully saturated rings. The lowest BCUT2D eigenvalue weighted by Crippen LogP contribution is -2.64. The smallest absolute Gasteiger partial charge is 0.241 e. The van der Waals surface area contributed by atoms with Crippen LogP contribution in [0.15, 0.2) is 72.8 Å². The van der Waals surface area contributed by atoms with E-state index in [2.05, 4.69) is 40.2 Å². The standard InChI is InChI=1S/C25H29N3O2/c1-26-23(29)22(16-18-9-5-4-6-10-18)25(28-3,24(30)27-2)17-19-13-14-20-11-7-8-12-21(20)15-19/h4-15,22,28H,16-17H2,1-3H3,(H,26,29)(H,27,30)/t22-,25?/m0/s1. The summed E-state index contributed by atoms with van der Waals surface area (Å²) in [6.45, 7) is 0. The third-order valence-corrected chi connectivity index (χ3v) is 5.82. The van der Waals surface area contributed by atoms with Crippen LogP contribution in [0.5, 0.6) is 0 Å². The van der Waals surface area contributed by atoms with E-state index < -0.39 is 11.5 Å². The van der Waals surface area contributed by atoms with Crippen molar-refractivity contribution < 1.29 is 9.59 Å². The first-order valence-corrected chi connectivity index (χ1v) is 10.2. The largest absolute Gasteiger partial charge is 0.359 e. The molecule has 2 amide bonds. The topological polar surface area (TPSA) is 70.2 Å². The van der Waals surface area contributed by atoms with Crippen LogP contribution in [0.3, 0.4) is 0 Å². The van der Waals surface area contributed by atoms with Crippen molar-refractivity contribution in [1.82, 2.24) is 16.0 Å². The average Bonchev–Trinajstić information content (AvgIpc) is 2.80. The summed E-state index contributed by atoms with van der Waals surface area (Å²) in [4.78, 5) is 26.2. The molecule has 0 aliphatic carbocycles. The van der Waals surface area contributed by atoms with Crippen LogP contribution in [-0.4, -0.2) is 38.5 Å². The summed E-state index contributed by atoms with van der Waals surface area (Å²) in [6, 6.07) is 24.1. The second kappa shape index (κ2) is 9.55. The van der Waals surface area contributed by atoms with Crippen LogP contribution in [-0.2, 0) is 22.4 Å². The van der Waals surface area contributed by atoms with E-state index in [0.29, 0.717) is 12.8 Å². The number of nitrogens with one attached hydrogen (secondary N) is 3. The number of fused-ring (bicyclic) bond motifs is 1. The van der Waals surface area contributed by atoms with Crippen LogP contribution in [0.4, 0.5) is 0 Å². The Bertz CT molecular complexity index is 1020. The molecule has 0 aliphatic heterocycles. The average molecular weight is 404 g/mol. The van der Waals surface area contributed by atoms with Crippen LogP contribution in [0.1, 0.15) is 11.1 Å². The highest BCUT2D eigenvalue weighted by molar-refractivity contribution is 5.94. The molecule has 3 aromatic carbocycles. The normalized spacial score (nSPS) is 14.0. The van der Waals surface area contributed by atoms with Crippen molar-refractivity contribution in [3.63, 3.8) is 0 Å². The molecule has 5 heteroatoms. The lowest BCUT2D eigenvalue weighted by Gasteiger charge is -2.38. The lowest BCUT2D eigenvalue weighted by molar-refractivity contribution is -0.137. The van der Waals surface area contributed by atoms with Gasteiger partial charge in [0.1, 0.15) is 5.54 Å². The third kappa shape index (κ3) is 4.36. The van der Waals surface area contributed by atoms with E-state index in [0.717, 1.165) is 21.9 Å². The van der Waals surface area contributed by atoms with Gasteiger partial charge >= 0.3 is 0 Å². The minimum Gasteiger partial charge on any atom is -0.359 e. The highest BCUT2D eigenvalue weighted by Gasteiger charge is 2.47. The molecule has 5 nitrogen and oxygen atoms in total. The second-order valence-corrected chi connectivity index (χ2v) is 7.52. The van der Waals surface area contributed by atoms with E-state index in [1.165, 1.54) is 0 Å². The quantitative estimate of drug-likeness (QED) is 0.542. The second-order valence-electron chi connectivity index (χ2n) is 7.52. The Balaban J connectivity index is 2.06. The van der Waals surface area contributed by atoms with Crippen molar-refractivity contribution in [2.24, 2.45) is 5.92 Å². The van der Waals surface area contributed by atoms with E-state index in [1.54, 1.807) is 21.1 Å². The molecule has 0 aromatic heterocycles. The van der Waals surface area contributed by atoms with Gasteiger partial charge in [-0.1, -0.05) is 72.8 Å². The van der Waals surface area contributed by atoms with Crippen LogP contribution >= 0.6 is 0 Å². The van der Waals surface area contributed by atoms with Crippen molar-refractivity contribution in [1.29, 1.82) is 0 Å². The first-order valence-electron chi connectivity index (χ1n) is 10.2. The first-order chi connectivity index (χ1) is 14.5. The molecule has 0 heterocycles. The number of benzene rings is 3. The van der Waals surface area contributed by atoms with E-state index in [9.17, 15) is 9.59 Å². The van der Waals surface area contributed by atoms with Crippen molar-refractivity contribution in [3.8, 4) is 0 Å². The van der Waals surface area contributed by atoms with Gasteiger partial charge in [-0.25, -0.2) is 0 Å². The van der Waals surface area contributed by atoms with Crippen LogP contribution in [0.2, 0.25) is 0 Å². The summed E-state index contributed by atoms with van der Waals surface area (Å²) >= 11 is 0. The highest BCUT2D eigenvalue weighted by Crippen LogP contribution is 2.29. The predicted molar refractivity (Wildman–Crippen MR) is 121 cm³/mol. The summed E-state index contributed by atoms with van der Waals surface area (Å²) in [5, 5.41) is 11.0. The van der Waals surface area contributed by atoms with Gasteiger partial charge in [-0.2, -0.15) is 0 Å². The Morgan fingerprint density at radius 1 is 0.800 bits per heavy atom. The van der Waals surface area contributed by atoms with Gasteiger partial charge in [0.25, 0.3) is 0 Å². The van der Waals surface area contributed by atoms with Crippen LogP contribution in [0.25, 0.3) is 10.8 Å². The van der Waals surface area contributed by atoms with Gasteiger partial charge in [-0.15, -0.1) is 0 Å². The Morgan fingerprint density at radius 2 is 1.47 bits per heavy atom. The minimum atomic E-state index is -1.10. The third-order valence-electron chi connectivity index (χ3n) is 5.82. The SMILES string of the molecule is CNC(=O)[C@H](Cc1ccccc1)C(Cc1ccc2ccccc2c1)(NC)C(=O)NC. The fourth-order valence-electron chi connectivity index (χ4n) is 4.15.